The van der Waals surface area contributed by atoms with Crippen molar-refractivity contribution in [1.82, 2.24) is 0 Å². The first-order valence-corrected chi connectivity index (χ1v) is 2.61. The highest BCUT2D eigenvalue weighted by molar-refractivity contribution is 6.61. The van der Waals surface area contributed by atoms with Crippen LogP contribution in [0.3, 0.4) is 0 Å². The fourth-order valence-corrected chi connectivity index (χ4v) is 0.303. The minimum Gasteiger partial charge on any atom is -0.451 e. The molecule has 1 unspecified atom stereocenters. The highest BCUT2D eigenvalue weighted by atomic mass is 35.5. The molecule has 0 N–H and O–H groups in total. The highest BCUT2D eigenvalue weighted by Crippen LogP contribution is 1.98. The maximum atomic E-state index is 10.2. The molecule has 0 rings (SSSR count). The molecule has 0 spiro atoms. The Labute approximate surface area is 58.0 Å². The molecule has 0 radical (unpaired) electrons. The minimum atomic E-state index is -2.28. The fraction of sp³-hybridized carbons (Fsp3) is 0.800. The molecule has 3 heteroatoms. The normalized spacial score (nSPS) is 20.0. The second kappa shape index (κ2) is 3.72. The average Bonchev–Trinajstić information content (AvgIpc) is 1.79. The summed E-state index contributed by atoms with van der Waals surface area (Å²) < 4.78 is 25.0. The van der Waals surface area contributed by atoms with Crippen LogP contribution < -0.4 is 0 Å². The Morgan fingerprint density at radius 3 is 2.88 bits per heavy atom. The summed E-state index contributed by atoms with van der Waals surface area (Å²) in [6.07, 6.45) is -0.859. The summed E-state index contributed by atoms with van der Waals surface area (Å²) in [6, 6.07) is 0. The van der Waals surface area contributed by atoms with Gasteiger partial charge < -0.3 is 4.74 Å². The van der Waals surface area contributed by atoms with E-state index in [9.17, 15) is 4.79 Å². The second-order valence-corrected chi connectivity index (χ2v) is 1.56. The van der Waals surface area contributed by atoms with E-state index in [0.29, 0.717) is 0 Å². The van der Waals surface area contributed by atoms with Crippen molar-refractivity contribution in [3.05, 3.63) is 0 Å². The van der Waals surface area contributed by atoms with E-state index < -0.39 is 18.4 Å². The first-order chi connectivity index (χ1) is 4.88. The first kappa shape index (κ1) is 3.72. The zero-order valence-corrected chi connectivity index (χ0v) is 5.23. The van der Waals surface area contributed by atoms with Gasteiger partial charge in [-0.25, -0.2) is 4.79 Å². The van der Waals surface area contributed by atoms with Gasteiger partial charge in [0.2, 0.25) is 0 Å². The molecule has 8 heavy (non-hydrogen) atoms. The van der Waals surface area contributed by atoms with Crippen LogP contribution in [0.4, 0.5) is 4.79 Å². The van der Waals surface area contributed by atoms with Gasteiger partial charge in [-0.1, -0.05) is 6.92 Å². The predicted octanol–water partition coefficient (Wildman–Crippen LogP) is 2.16. The van der Waals surface area contributed by atoms with Gasteiger partial charge in [-0.05, 0) is 13.3 Å². The molecule has 0 saturated carbocycles. The molecule has 0 aromatic carbocycles. The molecule has 1 atom stereocenters. The van der Waals surface area contributed by atoms with Crippen LogP contribution in [-0.2, 0) is 4.74 Å². The van der Waals surface area contributed by atoms with E-state index in [2.05, 4.69) is 4.74 Å². The third-order valence-electron chi connectivity index (χ3n) is 0.606. The van der Waals surface area contributed by atoms with Crippen LogP contribution in [-0.4, -0.2) is 11.5 Å². The van der Waals surface area contributed by atoms with Crippen molar-refractivity contribution < 1.29 is 13.6 Å². The van der Waals surface area contributed by atoms with Gasteiger partial charge in [0.1, 0.15) is 6.10 Å². The van der Waals surface area contributed by atoms with E-state index in [4.69, 9.17) is 15.7 Å². The molecule has 0 aliphatic rings. The summed E-state index contributed by atoms with van der Waals surface area (Å²) in [6.45, 7) is -0.670. The molecule has 48 valence electrons. The minimum absolute atomic E-state index is 0.231. The molecular formula is C5H9ClO2. The van der Waals surface area contributed by atoms with Crippen LogP contribution in [0.1, 0.15) is 24.3 Å². The third kappa shape index (κ3) is 3.93. The Morgan fingerprint density at radius 2 is 2.75 bits per heavy atom. The number of hydrogen-bond donors (Lipinski definition) is 0. The summed E-state index contributed by atoms with van der Waals surface area (Å²) in [5, 5.41) is 0. The molecule has 0 amide bonds. The van der Waals surface area contributed by atoms with Gasteiger partial charge in [-0.2, -0.15) is 0 Å². The highest BCUT2D eigenvalue weighted by Gasteiger charge is 2.01. The lowest BCUT2D eigenvalue weighted by Gasteiger charge is -2.05. The van der Waals surface area contributed by atoms with Crippen molar-refractivity contribution in [2.24, 2.45) is 0 Å². The van der Waals surface area contributed by atoms with Crippen molar-refractivity contribution >= 4 is 17.0 Å². The number of halogens is 1. The molecule has 2 nitrogen and oxygen atoms in total. The van der Waals surface area contributed by atoms with E-state index in [1.807, 2.05) is 0 Å². The summed E-state index contributed by atoms with van der Waals surface area (Å²) in [7, 11) is 0. The zero-order chi connectivity index (χ0) is 9.07. The van der Waals surface area contributed by atoms with Crippen LogP contribution in [0.5, 0.6) is 0 Å². The summed E-state index contributed by atoms with van der Waals surface area (Å²) in [4.78, 5) is 10.2. The molecule has 0 bridgehead atoms. The Balaban J connectivity index is 4.07. The zero-order valence-electron chi connectivity index (χ0n) is 7.48. The van der Waals surface area contributed by atoms with Crippen molar-refractivity contribution in [2.75, 3.05) is 0 Å². The van der Waals surface area contributed by atoms with E-state index in [0.717, 1.165) is 0 Å². The van der Waals surface area contributed by atoms with Crippen molar-refractivity contribution in [2.45, 2.75) is 26.3 Å². The van der Waals surface area contributed by atoms with Gasteiger partial charge in [0, 0.05) is 15.7 Å². The van der Waals surface area contributed by atoms with E-state index >= 15 is 0 Å². The van der Waals surface area contributed by atoms with Gasteiger partial charge >= 0.3 is 5.43 Å². The molecular weight excluding hydrogens is 128 g/mol. The SMILES string of the molecule is [2H]C([2H])([2H])C(CC)OC(=O)Cl. The second-order valence-electron chi connectivity index (χ2n) is 1.25. The van der Waals surface area contributed by atoms with Crippen LogP contribution in [0.2, 0.25) is 0 Å². The topological polar surface area (TPSA) is 26.3 Å². The third-order valence-corrected chi connectivity index (χ3v) is 0.695. The monoisotopic (exact) mass is 139 g/mol. The number of carbonyl (C=O) groups is 1. The smallest absolute Gasteiger partial charge is 0.404 e. The Bertz CT molecular complexity index is 145. The van der Waals surface area contributed by atoms with Crippen molar-refractivity contribution in [3.63, 3.8) is 0 Å². The predicted molar refractivity (Wildman–Crippen MR) is 32.1 cm³/mol. The lowest BCUT2D eigenvalue weighted by Crippen LogP contribution is -2.07. The number of hydrogen-bond acceptors (Lipinski definition) is 2. The van der Waals surface area contributed by atoms with E-state index in [1.165, 1.54) is 0 Å². The van der Waals surface area contributed by atoms with E-state index in [1.54, 1.807) is 6.92 Å². The molecule has 0 fully saturated rings. The molecule has 0 aromatic heterocycles. The van der Waals surface area contributed by atoms with E-state index in [-0.39, 0.29) is 6.42 Å². The summed E-state index contributed by atoms with van der Waals surface area (Å²) >= 11 is 4.85. The van der Waals surface area contributed by atoms with Crippen LogP contribution in [0.25, 0.3) is 0 Å². The van der Waals surface area contributed by atoms with Gasteiger partial charge in [0.25, 0.3) is 0 Å². The molecule has 0 aliphatic carbocycles. The largest absolute Gasteiger partial charge is 0.451 e. The average molecular weight is 140 g/mol. The van der Waals surface area contributed by atoms with Gasteiger partial charge in [0.15, 0.2) is 0 Å². The Morgan fingerprint density at radius 1 is 2.12 bits per heavy atom. The lowest BCUT2D eigenvalue weighted by molar-refractivity contribution is 0.129. The fourth-order valence-electron chi connectivity index (χ4n) is 0.195. The van der Waals surface area contributed by atoms with Crippen LogP contribution in [0, 0.1) is 0 Å². The van der Waals surface area contributed by atoms with Crippen molar-refractivity contribution in [1.29, 1.82) is 0 Å². The lowest BCUT2D eigenvalue weighted by atomic mass is 10.3. The molecule has 0 aromatic rings. The van der Waals surface area contributed by atoms with Gasteiger partial charge in [-0.3, -0.25) is 0 Å². The van der Waals surface area contributed by atoms with Crippen LogP contribution in [0.15, 0.2) is 0 Å². The molecule has 0 aliphatic heterocycles. The summed E-state index contributed by atoms with van der Waals surface area (Å²) in [5.41, 5.74) is -1.08. The van der Waals surface area contributed by atoms with Gasteiger partial charge in [-0.15, -0.1) is 0 Å². The maximum absolute atomic E-state index is 10.2. The number of rotatable bonds is 2. The Kier molecular flexibility index (Phi) is 1.73. The maximum Gasteiger partial charge on any atom is 0.404 e. The first-order valence-electron chi connectivity index (χ1n) is 3.74. The standard InChI is InChI=1S/C5H9ClO2/c1-3-4(2)8-5(6)7/h4H,3H2,1-2H3/i2D3. The van der Waals surface area contributed by atoms with Gasteiger partial charge in [0.05, 0.1) is 0 Å². The Hall–Kier alpha value is -0.240. The van der Waals surface area contributed by atoms with Crippen LogP contribution >= 0.6 is 11.6 Å². The van der Waals surface area contributed by atoms with Crippen molar-refractivity contribution in [3.8, 4) is 0 Å². The number of carbonyl (C=O) groups excluding carboxylic acids is 1. The quantitative estimate of drug-likeness (QED) is 0.548. The summed E-state index contributed by atoms with van der Waals surface area (Å²) in [5.74, 6) is 0. The number of ether oxygens (including phenoxy) is 1. The molecule has 0 saturated heterocycles. The molecule has 0 heterocycles.